The summed E-state index contributed by atoms with van der Waals surface area (Å²) in [5.74, 6) is 0.462. The molecule has 0 aliphatic carbocycles. The number of fused-ring (bicyclic) bond motifs is 1. The lowest BCUT2D eigenvalue weighted by molar-refractivity contribution is 0.177. The smallest absolute Gasteiger partial charge is 0.332 e. The summed E-state index contributed by atoms with van der Waals surface area (Å²) in [6, 6.07) is 0. The Bertz CT molecular complexity index is 812. The zero-order valence-electron chi connectivity index (χ0n) is 13.4. The maximum absolute atomic E-state index is 12.5. The van der Waals surface area contributed by atoms with E-state index in [9.17, 15) is 9.59 Å². The first-order valence-electron chi connectivity index (χ1n) is 7.02. The highest BCUT2D eigenvalue weighted by atomic mass is 32.2. The lowest BCUT2D eigenvalue weighted by atomic mass is 10.4. The number of hydrogen-bond acceptors (Lipinski definition) is 6. The molecule has 2 aromatic rings. The van der Waals surface area contributed by atoms with Gasteiger partial charge in [0.2, 0.25) is 0 Å². The summed E-state index contributed by atoms with van der Waals surface area (Å²) >= 11 is 1.52. The molecule has 0 aliphatic rings. The lowest BCUT2D eigenvalue weighted by Crippen LogP contribution is -2.38. The van der Waals surface area contributed by atoms with Crippen molar-refractivity contribution in [1.82, 2.24) is 19.1 Å². The topological polar surface area (TPSA) is 79.0 Å². The SMILES string of the molecule is CC[C@@H](C)Sc1nc(COC)nc2c1c(=O)n(C)c(=O)n2C. The van der Waals surface area contributed by atoms with E-state index >= 15 is 0 Å². The molecular formula is C14H20N4O3S. The molecule has 2 heterocycles. The first-order valence-corrected chi connectivity index (χ1v) is 7.90. The third-order valence-electron chi connectivity index (χ3n) is 3.47. The van der Waals surface area contributed by atoms with Crippen molar-refractivity contribution in [3.8, 4) is 0 Å². The summed E-state index contributed by atoms with van der Waals surface area (Å²) in [7, 11) is 4.62. The van der Waals surface area contributed by atoms with Crippen molar-refractivity contribution in [2.45, 2.75) is 37.2 Å². The third-order valence-corrected chi connectivity index (χ3v) is 4.73. The Labute approximate surface area is 132 Å². The van der Waals surface area contributed by atoms with E-state index in [1.54, 1.807) is 14.2 Å². The molecule has 7 nitrogen and oxygen atoms in total. The van der Waals surface area contributed by atoms with Crippen LogP contribution in [0.5, 0.6) is 0 Å². The van der Waals surface area contributed by atoms with Gasteiger partial charge in [-0.2, -0.15) is 0 Å². The number of thioether (sulfide) groups is 1. The number of nitrogens with zero attached hydrogens (tertiary/aromatic N) is 4. The van der Waals surface area contributed by atoms with Crippen LogP contribution in [-0.2, 0) is 25.4 Å². The summed E-state index contributed by atoms with van der Waals surface area (Å²) in [5.41, 5.74) is -0.423. The van der Waals surface area contributed by atoms with Crippen LogP contribution in [0.2, 0.25) is 0 Å². The van der Waals surface area contributed by atoms with E-state index in [4.69, 9.17) is 4.74 Å². The van der Waals surface area contributed by atoms with Gasteiger partial charge in [-0.25, -0.2) is 14.8 Å². The van der Waals surface area contributed by atoms with Gasteiger partial charge >= 0.3 is 5.69 Å². The summed E-state index contributed by atoms with van der Waals surface area (Å²) < 4.78 is 7.54. The van der Waals surface area contributed by atoms with E-state index in [-0.39, 0.29) is 12.2 Å². The molecule has 0 saturated carbocycles. The van der Waals surface area contributed by atoms with Crippen molar-refractivity contribution < 1.29 is 4.74 Å². The van der Waals surface area contributed by atoms with E-state index < -0.39 is 5.69 Å². The van der Waals surface area contributed by atoms with Gasteiger partial charge in [0, 0.05) is 26.5 Å². The van der Waals surface area contributed by atoms with Gasteiger partial charge in [-0.1, -0.05) is 13.8 Å². The highest BCUT2D eigenvalue weighted by molar-refractivity contribution is 8.00. The highest BCUT2D eigenvalue weighted by Gasteiger charge is 2.18. The Hall–Kier alpha value is -1.67. The minimum absolute atomic E-state index is 0.230. The molecule has 0 amide bonds. The fraction of sp³-hybridized carbons (Fsp3) is 0.571. The van der Waals surface area contributed by atoms with Crippen molar-refractivity contribution in [2.24, 2.45) is 14.1 Å². The predicted octanol–water partition coefficient (Wildman–Crippen LogP) is 1.06. The molecule has 22 heavy (non-hydrogen) atoms. The van der Waals surface area contributed by atoms with Crippen molar-refractivity contribution in [2.75, 3.05) is 7.11 Å². The van der Waals surface area contributed by atoms with Gasteiger partial charge in [0.05, 0.1) is 0 Å². The number of hydrogen-bond donors (Lipinski definition) is 0. The van der Waals surface area contributed by atoms with E-state index in [2.05, 4.69) is 23.8 Å². The van der Waals surface area contributed by atoms with Crippen molar-refractivity contribution >= 4 is 22.8 Å². The van der Waals surface area contributed by atoms with Crippen molar-refractivity contribution in [3.05, 3.63) is 26.7 Å². The van der Waals surface area contributed by atoms with Crippen LogP contribution in [0.1, 0.15) is 26.1 Å². The molecule has 0 bridgehead atoms. The minimum atomic E-state index is -0.404. The maximum atomic E-state index is 12.5. The summed E-state index contributed by atoms with van der Waals surface area (Å²) in [4.78, 5) is 33.3. The second-order valence-corrected chi connectivity index (χ2v) is 6.55. The fourth-order valence-corrected chi connectivity index (χ4v) is 3.03. The van der Waals surface area contributed by atoms with Gasteiger partial charge < -0.3 is 4.74 Å². The average molecular weight is 324 g/mol. The Morgan fingerprint density at radius 2 is 1.91 bits per heavy atom. The van der Waals surface area contributed by atoms with Crippen LogP contribution in [0, 0.1) is 0 Å². The molecule has 0 radical (unpaired) electrons. The molecule has 1 atom stereocenters. The average Bonchev–Trinajstić information content (AvgIpc) is 2.50. The quantitative estimate of drug-likeness (QED) is 0.604. The Morgan fingerprint density at radius 1 is 1.23 bits per heavy atom. The number of ether oxygens (including phenoxy) is 1. The number of aromatic nitrogens is 4. The molecule has 0 saturated heterocycles. The van der Waals surface area contributed by atoms with E-state index in [0.29, 0.717) is 27.1 Å². The molecule has 0 N–H and O–H groups in total. The molecule has 0 aliphatic heterocycles. The largest absolute Gasteiger partial charge is 0.377 e. The first kappa shape index (κ1) is 16.7. The normalized spacial score (nSPS) is 12.8. The summed E-state index contributed by atoms with van der Waals surface area (Å²) in [6.07, 6.45) is 0.946. The van der Waals surface area contributed by atoms with Crippen LogP contribution >= 0.6 is 11.8 Å². The number of aryl methyl sites for hydroxylation is 1. The molecule has 120 valence electrons. The van der Waals surface area contributed by atoms with E-state index in [1.165, 1.54) is 23.4 Å². The fourth-order valence-electron chi connectivity index (χ4n) is 2.02. The Balaban J connectivity index is 2.85. The highest BCUT2D eigenvalue weighted by Crippen LogP contribution is 2.27. The molecule has 0 fully saturated rings. The third kappa shape index (κ3) is 2.93. The number of methoxy groups -OCH3 is 1. The Morgan fingerprint density at radius 3 is 2.50 bits per heavy atom. The summed E-state index contributed by atoms with van der Waals surface area (Å²) in [6.45, 7) is 4.37. The van der Waals surface area contributed by atoms with E-state index in [0.717, 1.165) is 11.0 Å². The Kier molecular flexibility index (Phi) is 5.02. The van der Waals surface area contributed by atoms with Crippen LogP contribution in [-0.4, -0.2) is 31.5 Å². The zero-order chi connectivity index (χ0) is 16.4. The van der Waals surface area contributed by atoms with Crippen LogP contribution in [0.25, 0.3) is 11.0 Å². The molecule has 2 aromatic heterocycles. The standard InChI is InChI=1S/C14H20N4O3S/c1-6-8(2)22-12-10-11(15-9(16-12)7-21-5)17(3)14(20)18(4)13(10)19/h8H,6-7H2,1-5H3/t8-/m1/s1. The summed E-state index contributed by atoms with van der Waals surface area (Å²) in [5, 5.41) is 1.28. The zero-order valence-corrected chi connectivity index (χ0v) is 14.2. The molecule has 8 heteroatoms. The molecule has 2 rings (SSSR count). The van der Waals surface area contributed by atoms with Gasteiger partial charge in [-0.3, -0.25) is 13.9 Å². The van der Waals surface area contributed by atoms with Gasteiger partial charge in [-0.15, -0.1) is 11.8 Å². The second-order valence-electron chi connectivity index (χ2n) is 5.12. The van der Waals surface area contributed by atoms with Crippen LogP contribution in [0.4, 0.5) is 0 Å². The second kappa shape index (κ2) is 6.62. The maximum Gasteiger partial charge on any atom is 0.332 e. The molecule has 0 aromatic carbocycles. The van der Waals surface area contributed by atoms with Gasteiger partial charge in [0.1, 0.15) is 17.0 Å². The molecule has 0 spiro atoms. The van der Waals surface area contributed by atoms with Crippen molar-refractivity contribution in [3.63, 3.8) is 0 Å². The van der Waals surface area contributed by atoms with Gasteiger partial charge in [-0.05, 0) is 6.42 Å². The van der Waals surface area contributed by atoms with Crippen LogP contribution in [0.15, 0.2) is 14.6 Å². The van der Waals surface area contributed by atoms with Gasteiger partial charge in [0.25, 0.3) is 5.56 Å². The van der Waals surface area contributed by atoms with Crippen LogP contribution < -0.4 is 11.2 Å². The van der Waals surface area contributed by atoms with Crippen molar-refractivity contribution in [1.29, 1.82) is 0 Å². The minimum Gasteiger partial charge on any atom is -0.377 e. The van der Waals surface area contributed by atoms with Gasteiger partial charge in [0.15, 0.2) is 11.5 Å². The monoisotopic (exact) mass is 324 g/mol. The number of rotatable bonds is 5. The van der Waals surface area contributed by atoms with Crippen LogP contribution in [0.3, 0.4) is 0 Å². The molecule has 0 unspecified atom stereocenters. The predicted molar refractivity (Wildman–Crippen MR) is 86.3 cm³/mol. The lowest BCUT2D eigenvalue weighted by Gasteiger charge is -2.13. The first-order chi connectivity index (χ1) is 10.4. The van der Waals surface area contributed by atoms with E-state index in [1.807, 2.05) is 0 Å². The molecular weight excluding hydrogens is 304 g/mol.